The molecule has 1 rings (SSSR count). The predicted molar refractivity (Wildman–Crippen MR) is 62.1 cm³/mol. The lowest BCUT2D eigenvalue weighted by Crippen LogP contribution is -2.28. The number of rotatable bonds is 7. The molecule has 2 N–H and O–H groups in total. The number of hydrogen-bond acceptors (Lipinski definition) is 4. The van der Waals surface area contributed by atoms with E-state index in [-0.39, 0.29) is 6.61 Å². The Morgan fingerprint density at radius 1 is 1.24 bits per heavy atom. The van der Waals surface area contributed by atoms with Crippen LogP contribution in [0.2, 0.25) is 0 Å². The predicted octanol–water partition coefficient (Wildman–Crippen LogP) is 0.848. The normalized spacial score (nSPS) is 12.6. The van der Waals surface area contributed by atoms with Gasteiger partial charge < -0.3 is 19.9 Å². The number of carbonyl (C=O) groups excluding carboxylic acids is 1. The molecule has 5 nitrogen and oxygen atoms in total. The Bertz CT molecular complexity index is 338. The Morgan fingerprint density at radius 2 is 1.82 bits per heavy atom. The molecule has 1 aromatic rings. The van der Waals surface area contributed by atoms with Crippen LogP contribution < -0.4 is 5.73 Å². The zero-order valence-electron chi connectivity index (χ0n) is 9.96. The minimum atomic E-state index is -0.788. The standard InChI is InChI=1S/C12H17NO4/c1-15-10(16-2)8-17-11(12(13)14)9-6-4-3-5-7-9/h3-7,10-11H,8H2,1-2H3,(H2,13,14). The lowest BCUT2D eigenvalue weighted by Gasteiger charge is -2.18. The summed E-state index contributed by atoms with van der Waals surface area (Å²) in [6, 6.07) is 9.06. The van der Waals surface area contributed by atoms with E-state index in [9.17, 15) is 4.79 Å². The lowest BCUT2D eigenvalue weighted by atomic mass is 10.1. The quantitative estimate of drug-likeness (QED) is 0.716. The van der Waals surface area contributed by atoms with Crippen LogP contribution in [-0.2, 0) is 19.0 Å². The van der Waals surface area contributed by atoms with Crippen LogP contribution in [0.4, 0.5) is 0 Å². The first-order valence-electron chi connectivity index (χ1n) is 5.20. The smallest absolute Gasteiger partial charge is 0.251 e. The van der Waals surface area contributed by atoms with Crippen molar-refractivity contribution in [2.24, 2.45) is 5.73 Å². The first-order valence-corrected chi connectivity index (χ1v) is 5.20. The fourth-order valence-corrected chi connectivity index (χ4v) is 1.38. The Hall–Kier alpha value is -1.43. The molecular formula is C12H17NO4. The van der Waals surface area contributed by atoms with Gasteiger partial charge in [-0.1, -0.05) is 30.3 Å². The summed E-state index contributed by atoms with van der Waals surface area (Å²) in [6.45, 7) is 0.134. The van der Waals surface area contributed by atoms with Gasteiger partial charge in [0.25, 0.3) is 5.91 Å². The molecule has 0 bridgehead atoms. The number of methoxy groups -OCH3 is 2. The third kappa shape index (κ3) is 4.14. The van der Waals surface area contributed by atoms with Gasteiger partial charge in [0, 0.05) is 14.2 Å². The summed E-state index contributed by atoms with van der Waals surface area (Å²) in [5.74, 6) is -0.540. The molecule has 17 heavy (non-hydrogen) atoms. The maximum absolute atomic E-state index is 11.3. The highest BCUT2D eigenvalue weighted by molar-refractivity contribution is 5.80. The largest absolute Gasteiger partial charge is 0.367 e. The fourth-order valence-electron chi connectivity index (χ4n) is 1.38. The molecule has 1 aromatic carbocycles. The van der Waals surface area contributed by atoms with Gasteiger partial charge in [0.15, 0.2) is 12.4 Å². The van der Waals surface area contributed by atoms with Gasteiger partial charge in [-0.2, -0.15) is 0 Å². The van der Waals surface area contributed by atoms with Gasteiger partial charge in [0.1, 0.15) is 0 Å². The maximum Gasteiger partial charge on any atom is 0.251 e. The summed E-state index contributed by atoms with van der Waals surface area (Å²) in [7, 11) is 3.00. The van der Waals surface area contributed by atoms with Crippen LogP contribution in [0.5, 0.6) is 0 Å². The molecule has 0 saturated heterocycles. The second kappa shape index (κ2) is 7.01. The van der Waals surface area contributed by atoms with Gasteiger partial charge in [0.2, 0.25) is 0 Å². The van der Waals surface area contributed by atoms with Gasteiger partial charge in [0.05, 0.1) is 6.61 Å². The van der Waals surface area contributed by atoms with E-state index in [0.717, 1.165) is 0 Å². The first-order chi connectivity index (χ1) is 8.19. The van der Waals surface area contributed by atoms with Crippen molar-refractivity contribution in [2.45, 2.75) is 12.4 Å². The van der Waals surface area contributed by atoms with Crippen molar-refractivity contribution in [3.8, 4) is 0 Å². The zero-order chi connectivity index (χ0) is 12.7. The molecule has 94 valence electrons. The van der Waals surface area contributed by atoms with E-state index in [2.05, 4.69) is 0 Å². The van der Waals surface area contributed by atoms with E-state index >= 15 is 0 Å². The third-order valence-electron chi connectivity index (χ3n) is 2.29. The highest BCUT2D eigenvalue weighted by atomic mass is 16.7. The van der Waals surface area contributed by atoms with E-state index in [1.54, 1.807) is 12.1 Å². The molecule has 1 atom stereocenters. The average molecular weight is 239 g/mol. The van der Waals surface area contributed by atoms with E-state index in [1.807, 2.05) is 18.2 Å². The Kier molecular flexibility index (Phi) is 5.62. The zero-order valence-corrected chi connectivity index (χ0v) is 9.96. The minimum Gasteiger partial charge on any atom is -0.367 e. The fraction of sp³-hybridized carbons (Fsp3) is 0.417. The summed E-state index contributed by atoms with van der Waals surface area (Å²) in [6.07, 6.45) is -1.30. The van der Waals surface area contributed by atoms with E-state index in [4.69, 9.17) is 19.9 Å². The Morgan fingerprint density at radius 3 is 2.29 bits per heavy atom. The van der Waals surface area contributed by atoms with Gasteiger partial charge in [-0.3, -0.25) is 4.79 Å². The van der Waals surface area contributed by atoms with Gasteiger partial charge in [-0.15, -0.1) is 0 Å². The van der Waals surface area contributed by atoms with Crippen molar-refractivity contribution in [3.05, 3.63) is 35.9 Å². The topological polar surface area (TPSA) is 70.8 Å². The monoisotopic (exact) mass is 239 g/mol. The van der Waals surface area contributed by atoms with E-state index in [1.165, 1.54) is 14.2 Å². The van der Waals surface area contributed by atoms with Crippen LogP contribution in [0.1, 0.15) is 11.7 Å². The Balaban J connectivity index is 2.65. The van der Waals surface area contributed by atoms with Crippen LogP contribution in [0.3, 0.4) is 0 Å². The number of primary amides is 1. The summed E-state index contributed by atoms with van der Waals surface area (Å²) in [5, 5.41) is 0. The van der Waals surface area contributed by atoms with Crippen LogP contribution in [0.25, 0.3) is 0 Å². The van der Waals surface area contributed by atoms with Crippen molar-refractivity contribution < 1.29 is 19.0 Å². The molecule has 0 aliphatic carbocycles. The number of benzene rings is 1. The van der Waals surface area contributed by atoms with Gasteiger partial charge in [-0.05, 0) is 5.56 Å². The number of nitrogens with two attached hydrogens (primary N) is 1. The summed E-state index contributed by atoms with van der Waals surface area (Å²) >= 11 is 0. The molecule has 1 amide bonds. The third-order valence-corrected chi connectivity index (χ3v) is 2.29. The number of hydrogen-bond donors (Lipinski definition) is 1. The molecule has 5 heteroatoms. The lowest BCUT2D eigenvalue weighted by molar-refractivity contribution is -0.160. The molecule has 0 fully saturated rings. The summed E-state index contributed by atoms with van der Waals surface area (Å²) < 4.78 is 15.3. The molecule has 1 unspecified atom stereocenters. The average Bonchev–Trinajstić information content (AvgIpc) is 2.35. The van der Waals surface area contributed by atoms with Crippen molar-refractivity contribution in [1.82, 2.24) is 0 Å². The molecule has 0 heterocycles. The Labute approximate surface area is 100 Å². The highest BCUT2D eigenvalue weighted by Gasteiger charge is 2.20. The molecular weight excluding hydrogens is 222 g/mol. The number of ether oxygens (including phenoxy) is 3. The van der Waals surface area contributed by atoms with Gasteiger partial charge in [-0.25, -0.2) is 0 Å². The molecule has 0 aromatic heterocycles. The molecule has 0 spiro atoms. The highest BCUT2D eigenvalue weighted by Crippen LogP contribution is 2.17. The molecule has 0 saturated carbocycles. The van der Waals surface area contributed by atoms with Crippen LogP contribution in [0.15, 0.2) is 30.3 Å². The van der Waals surface area contributed by atoms with Crippen molar-refractivity contribution in [1.29, 1.82) is 0 Å². The molecule has 0 radical (unpaired) electrons. The first kappa shape index (κ1) is 13.6. The van der Waals surface area contributed by atoms with Crippen LogP contribution in [-0.4, -0.2) is 33.0 Å². The minimum absolute atomic E-state index is 0.134. The summed E-state index contributed by atoms with van der Waals surface area (Å²) in [4.78, 5) is 11.3. The number of amides is 1. The van der Waals surface area contributed by atoms with E-state index < -0.39 is 18.3 Å². The second-order valence-electron chi connectivity index (χ2n) is 3.43. The summed E-state index contributed by atoms with van der Waals surface area (Å²) in [5.41, 5.74) is 6.01. The van der Waals surface area contributed by atoms with Crippen LogP contribution in [0, 0.1) is 0 Å². The van der Waals surface area contributed by atoms with Crippen molar-refractivity contribution in [3.63, 3.8) is 0 Å². The SMILES string of the molecule is COC(COC(C(N)=O)c1ccccc1)OC. The molecule has 0 aliphatic rings. The maximum atomic E-state index is 11.3. The van der Waals surface area contributed by atoms with Crippen molar-refractivity contribution in [2.75, 3.05) is 20.8 Å². The molecule has 0 aliphatic heterocycles. The number of carbonyl (C=O) groups is 1. The van der Waals surface area contributed by atoms with Gasteiger partial charge >= 0.3 is 0 Å². The second-order valence-corrected chi connectivity index (χ2v) is 3.43. The van der Waals surface area contributed by atoms with Crippen molar-refractivity contribution >= 4 is 5.91 Å². The van der Waals surface area contributed by atoms with E-state index in [0.29, 0.717) is 5.56 Å². The van der Waals surface area contributed by atoms with Crippen LogP contribution >= 0.6 is 0 Å².